The van der Waals surface area contributed by atoms with E-state index in [9.17, 15) is 4.79 Å². The highest BCUT2D eigenvalue weighted by Gasteiger charge is 2.19. The summed E-state index contributed by atoms with van der Waals surface area (Å²) in [4.78, 5) is 10.8. The molecule has 0 bridgehead atoms. The average molecular weight is 178 g/mol. The Morgan fingerprint density at radius 1 is 1.77 bits per heavy atom. The van der Waals surface area contributed by atoms with Crippen LogP contribution < -0.4 is 0 Å². The third-order valence-corrected chi connectivity index (χ3v) is 2.23. The van der Waals surface area contributed by atoms with Crippen LogP contribution in [0.3, 0.4) is 0 Å². The molecule has 0 fully saturated rings. The number of nitrogens with zero attached hydrogens (tertiary/aromatic N) is 2. The number of aromatic nitrogens is 2. The first-order valence-corrected chi connectivity index (χ1v) is 4.17. The molecular formula is C9H10N2O2. The van der Waals surface area contributed by atoms with Crippen molar-refractivity contribution in [3.8, 4) is 0 Å². The molecule has 0 saturated carbocycles. The van der Waals surface area contributed by atoms with E-state index in [1.54, 1.807) is 4.68 Å². The van der Waals surface area contributed by atoms with Gasteiger partial charge in [0.1, 0.15) is 5.56 Å². The van der Waals surface area contributed by atoms with E-state index in [-0.39, 0.29) is 11.6 Å². The van der Waals surface area contributed by atoms with Crippen molar-refractivity contribution in [3.63, 3.8) is 0 Å². The van der Waals surface area contributed by atoms with E-state index in [1.807, 2.05) is 19.1 Å². The first-order chi connectivity index (χ1) is 6.20. The van der Waals surface area contributed by atoms with Crippen molar-refractivity contribution in [1.82, 2.24) is 9.78 Å². The first kappa shape index (κ1) is 8.04. The van der Waals surface area contributed by atoms with Gasteiger partial charge in [0.05, 0.1) is 17.9 Å². The second-order valence-electron chi connectivity index (χ2n) is 3.18. The van der Waals surface area contributed by atoms with Crippen LogP contribution in [0.25, 0.3) is 6.08 Å². The molecule has 2 rings (SSSR count). The Morgan fingerprint density at radius 2 is 2.54 bits per heavy atom. The smallest absolute Gasteiger partial charge is 0.339 e. The summed E-state index contributed by atoms with van der Waals surface area (Å²) in [6.07, 6.45) is 6.11. The predicted molar refractivity (Wildman–Crippen MR) is 47.5 cm³/mol. The summed E-state index contributed by atoms with van der Waals surface area (Å²) in [6.45, 7) is 2.02. The Morgan fingerprint density at radius 3 is 3.23 bits per heavy atom. The molecule has 0 spiro atoms. The van der Waals surface area contributed by atoms with Gasteiger partial charge >= 0.3 is 5.97 Å². The normalized spacial score (nSPS) is 19.9. The molecule has 0 aliphatic carbocycles. The van der Waals surface area contributed by atoms with Crippen LogP contribution in [0.4, 0.5) is 0 Å². The predicted octanol–water partition coefficient (Wildman–Crippen LogP) is 1.56. The lowest BCUT2D eigenvalue weighted by molar-refractivity contribution is 0.0696. The fourth-order valence-corrected chi connectivity index (χ4v) is 1.53. The monoisotopic (exact) mass is 178 g/mol. The van der Waals surface area contributed by atoms with Gasteiger partial charge in [0, 0.05) is 0 Å². The van der Waals surface area contributed by atoms with Crippen LogP contribution in [0.15, 0.2) is 12.3 Å². The highest BCUT2D eigenvalue weighted by molar-refractivity contribution is 5.91. The standard InChI is InChI=1S/C9H10N2O2/c1-6-3-2-4-8-7(9(12)13)5-10-11(6)8/h2,4-6H,3H2,1H3,(H,12,13). The van der Waals surface area contributed by atoms with Gasteiger partial charge in [-0.1, -0.05) is 6.08 Å². The van der Waals surface area contributed by atoms with Gasteiger partial charge in [-0.15, -0.1) is 0 Å². The molecule has 0 aromatic carbocycles. The van der Waals surface area contributed by atoms with Crippen LogP contribution in [-0.2, 0) is 0 Å². The molecule has 0 radical (unpaired) electrons. The van der Waals surface area contributed by atoms with Crippen molar-refractivity contribution in [1.29, 1.82) is 0 Å². The van der Waals surface area contributed by atoms with Crippen molar-refractivity contribution < 1.29 is 9.90 Å². The zero-order chi connectivity index (χ0) is 9.42. The number of allylic oxidation sites excluding steroid dienone is 1. The highest BCUT2D eigenvalue weighted by atomic mass is 16.4. The van der Waals surface area contributed by atoms with Crippen molar-refractivity contribution in [2.24, 2.45) is 0 Å². The number of fused-ring (bicyclic) bond motifs is 1. The lowest BCUT2D eigenvalue weighted by Gasteiger charge is -2.16. The number of hydrogen-bond acceptors (Lipinski definition) is 2. The Labute approximate surface area is 75.5 Å². The second kappa shape index (κ2) is 2.73. The zero-order valence-electron chi connectivity index (χ0n) is 7.27. The van der Waals surface area contributed by atoms with Gasteiger partial charge in [-0.2, -0.15) is 5.10 Å². The SMILES string of the molecule is CC1CC=Cc2c(C(=O)O)cnn21. The maximum absolute atomic E-state index is 10.8. The maximum atomic E-state index is 10.8. The third kappa shape index (κ3) is 1.14. The summed E-state index contributed by atoms with van der Waals surface area (Å²) >= 11 is 0. The Balaban J connectivity index is 2.55. The molecule has 1 N–H and O–H groups in total. The molecule has 4 heteroatoms. The second-order valence-corrected chi connectivity index (χ2v) is 3.18. The highest BCUT2D eigenvalue weighted by Crippen LogP contribution is 2.23. The minimum Gasteiger partial charge on any atom is -0.478 e. The van der Waals surface area contributed by atoms with Gasteiger partial charge < -0.3 is 5.11 Å². The van der Waals surface area contributed by atoms with Crippen LogP contribution in [0.1, 0.15) is 35.4 Å². The van der Waals surface area contributed by atoms with E-state index in [2.05, 4.69) is 5.10 Å². The number of aromatic carboxylic acids is 1. The van der Waals surface area contributed by atoms with Crippen molar-refractivity contribution in [2.45, 2.75) is 19.4 Å². The van der Waals surface area contributed by atoms with Gasteiger partial charge in [-0.25, -0.2) is 4.79 Å². The molecule has 1 aromatic heterocycles. The lowest BCUT2D eigenvalue weighted by atomic mass is 10.1. The molecular weight excluding hydrogens is 168 g/mol. The minimum absolute atomic E-state index is 0.257. The van der Waals surface area contributed by atoms with E-state index in [4.69, 9.17) is 5.11 Å². The molecule has 1 atom stereocenters. The van der Waals surface area contributed by atoms with Gasteiger partial charge in [0.15, 0.2) is 0 Å². The van der Waals surface area contributed by atoms with Gasteiger partial charge in [-0.3, -0.25) is 4.68 Å². The van der Waals surface area contributed by atoms with Crippen LogP contribution in [0.2, 0.25) is 0 Å². The maximum Gasteiger partial charge on any atom is 0.339 e. The third-order valence-electron chi connectivity index (χ3n) is 2.23. The first-order valence-electron chi connectivity index (χ1n) is 4.17. The van der Waals surface area contributed by atoms with E-state index in [0.717, 1.165) is 6.42 Å². The fraction of sp³-hybridized carbons (Fsp3) is 0.333. The summed E-state index contributed by atoms with van der Waals surface area (Å²) in [6, 6.07) is 0.257. The van der Waals surface area contributed by atoms with Gasteiger partial charge in [0.2, 0.25) is 0 Å². The van der Waals surface area contributed by atoms with Gasteiger partial charge in [-0.05, 0) is 19.4 Å². The summed E-state index contributed by atoms with van der Waals surface area (Å²) in [5, 5.41) is 12.9. The molecule has 13 heavy (non-hydrogen) atoms. The van der Waals surface area contributed by atoms with Crippen molar-refractivity contribution in [3.05, 3.63) is 23.5 Å². The summed E-state index contributed by atoms with van der Waals surface area (Å²) in [7, 11) is 0. The molecule has 68 valence electrons. The number of carboxylic acids is 1. The number of hydrogen-bond donors (Lipinski definition) is 1. The molecule has 2 heterocycles. The molecule has 1 unspecified atom stereocenters. The van der Waals surface area contributed by atoms with Crippen molar-refractivity contribution >= 4 is 12.0 Å². The fourth-order valence-electron chi connectivity index (χ4n) is 1.53. The van der Waals surface area contributed by atoms with Crippen LogP contribution >= 0.6 is 0 Å². The summed E-state index contributed by atoms with van der Waals surface area (Å²) < 4.78 is 1.75. The molecule has 0 amide bonds. The topological polar surface area (TPSA) is 55.1 Å². The lowest BCUT2D eigenvalue weighted by Crippen LogP contribution is -2.12. The number of carboxylic acid groups (broad SMARTS) is 1. The molecule has 1 aliphatic heterocycles. The van der Waals surface area contributed by atoms with Gasteiger partial charge in [0.25, 0.3) is 0 Å². The van der Waals surface area contributed by atoms with Crippen molar-refractivity contribution in [2.75, 3.05) is 0 Å². The van der Waals surface area contributed by atoms with Crippen LogP contribution in [0.5, 0.6) is 0 Å². The van der Waals surface area contributed by atoms with E-state index in [1.165, 1.54) is 6.20 Å². The van der Waals surface area contributed by atoms with Crippen LogP contribution in [0, 0.1) is 0 Å². The Hall–Kier alpha value is -1.58. The molecule has 1 aliphatic rings. The van der Waals surface area contributed by atoms with E-state index < -0.39 is 5.97 Å². The number of rotatable bonds is 1. The van der Waals surface area contributed by atoms with E-state index >= 15 is 0 Å². The van der Waals surface area contributed by atoms with E-state index in [0.29, 0.717) is 5.69 Å². The summed E-state index contributed by atoms with van der Waals surface area (Å²) in [5.41, 5.74) is 0.981. The number of carbonyl (C=O) groups is 1. The Kier molecular flexibility index (Phi) is 1.69. The molecule has 0 saturated heterocycles. The molecule has 4 nitrogen and oxygen atoms in total. The zero-order valence-corrected chi connectivity index (χ0v) is 7.27. The average Bonchev–Trinajstić information content (AvgIpc) is 2.48. The quantitative estimate of drug-likeness (QED) is 0.710. The largest absolute Gasteiger partial charge is 0.478 e. The minimum atomic E-state index is -0.917. The summed E-state index contributed by atoms with van der Waals surface area (Å²) in [5.74, 6) is -0.917. The Bertz CT molecular complexity index is 379. The van der Waals surface area contributed by atoms with Crippen LogP contribution in [-0.4, -0.2) is 20.9 Å². The molecule has 1 aromatic rings.